The fourth-order valence-corrected chi connectivity index (χ4v) is 4.36. The van der Waals surface area contributed by atoms with Gasteiger partial charge in [-0.15, -0.1) is 0 Å². The van der Waals surface area contributed by atoms with Gasteiger partial charge in [-0.3, -0.25) is 9.59 Å². The number of hydrogen-bond acceptors (Lipinski definition) is 2. The monoisotopic (exact) mass is 278 g/mol. The molecule has 112 valence electrons. The summed E-state index contributed by atoms with van der Waals surface area (Å²) in [5, 5.41) is 0. The number of likely N-dealkylation sites (tertiary alicyclic amines) is 2. The Morgan fingerprint density at radius 1 is 1.10 bits per heavy atom. The molecule has 0 bridgehead atoms. The third-order valence-electron chi connectivity index (χ3n) is 5.42. The van der Waals surface area contributed by atoms with Crippen LogP contribution in [-0.4, -0.2) is 46.8 Å². The van der Waals surface area contributed by atoms with Crippen LogP contribution in [0.2, 0.25) is 0 Å². The molecule has 1 aliphatic carbocycles. The molecule has 3 fully saturated rings. The van der Waals surface area contributed by atoms with Gasteiger partial charge in [0.05, 0.1) is 5.41 Å². The minimum Gasteiger partial charge on any atom is -0.341 e. The fraction of sp³-hybridized carbons (Fsp3) is 0.875. The molecule has 20 heavy (non-hydrogen) atoms. The second-order valence-corrected chi connectivity index (χ2v) is 6.96. The Hall–Kier alpha value is -1.06. The van der Waals surface area contributed by atoms with Crippen LogP contribution in [0.4, 0.5) is 0 Å². The lowest BCUT2D eigenvalue weighted by Crippen LogP contribution is -2.75. The maximum atomic E-state index is 12.9. The number of β-lactam (4-membered cyclic amide) rings is 1. The number of nitrogens with zero attached hydrogens (tertiary/aromatic N) is 2. The lowest BCUT2D eigenvalue weighted by atomic mass is 9.61. The highest BCUT2D eigenvalue weighted by molar-refractivity contribution is 6.02. The molecule has 0 aromatic carbocycles. The summed E-state index contributed by atoms with van der Waals surface area (Å²) >= 11 is 0. The van der Waals surface area contributed by atoms with Crippen molar-refractivity contribution in [3.63, 3.8) is 0 Å². The van der Waals surface area contributed by atoms with Crippen LogP contribution >= 0.6 is 0 Å². The van der Waals surface area contributed by atoms with Gasteiger partial charge in [-0.05, 0) is 39.5 Å². The topological polar surface area (TPSA) is 40.6 Å². The fourth-order valence-electron chi connectivity index (χ4n) is 4.36. The van der Waals surface area contributed by atoms with Gasteiger partial charge in [0, 0.05) is 19.1 Å². The summed E-state index contributed by atoms with van der Waals surface area (Å²) < 4.78 is 0. The number of amides is 2. The Balaban J connectivity index is 1.85. The molecule has 3 aliphatic rings. The minimum atomic E-state index is -0.345. The van der Waals surface area contributed by atoms with E-state index in [1.807, 2.05) is 23.6 Å². The molecular weight excluding hydrogens is 252 g/mol. The van der Waals surface area contributed by atoms with E-state index in [1.165, 1.54) is 6.42 Å². The average molecular weight is 278 g/mol. The largest absolute Gasteiger partial charge is 0.341 e. The van der Waals surface area contributed by atoms with Crippen molar-refractivity contribution in [2.24, 2.45) is 5.41 Å². The van der Waals surface area contributed by atoms with Gasteiger partial charge in [0.25, 0.3) is 0 Å². The van der Waals surface area contributed by atoms with Crippen molar-refractivity contribution in [1.82, 2.24) is 9.80 Å². The molecule has 1 unspecified atom stereocenters. The van der Waals surface area contributed by atoms with E-state index in [0.717, 1.165) is 51.6 Å². The van der Waals surface area contributed by atoms with Crippen LogP contribution in [0, 0.1) is 5.41 Å². The van der Waals surface area contributed by atoms with Gasteiger partial charge in [0.15, 0.2) is 0 Å². The van der Waals surface area contributed by atoms with Gasteiger partial charge >= 0.3 is 0 Å². The van der Waals surface area contributed by atoms with Crippen molar-refractivity contribution in [3.8, 4) is 0 Å². The lowest BCUT2D eigenvalue weighted by Gasteiger charge is -2.59. The predicted octanol–water partition coefficient (Wildman–Crippen LogP) is 2.18. The van der Waals surface area contributed by atoms with E-state index in [1.54, 1.807) is 0 Å². The Kier molecular flexibility index (Phi) is 3.51. The van der Waals surface area contributed by atoms with Gasteiger partial charge in [-0.1, -0.05) is 19.3 Å². The second kappa shape index (κ2) is 5.05. The van der Waals surface area contributed by atoms with Crippen molar-refractivity contribution in [2.45, 2.75) is 70.9 Å². The van der Waals surface area contributed by atoms with Crippen molar-refractivity contribution in [3.05, 3.63) is 0 Å². The first-order valence-electron chi connectivity index (χ1n) is 8.19. The normalized spacial score (nSPS) is 29.1. The van der Waals surface area contributed by atoms with E-state index >= 15 is 0 Å². The van der Waals surface area contributed by atoms with Crippen LogP contribution < -0.4 is 0 Å². The highest BCUT2D eigenvalue weighted by atomic mass is 16.2. The van der Waals surface area contributed by atoms with Crippen LogP contribution in [0.5, 0.6) is 0 Å². The van der Waals surface area contributed by atoms with Crippen molar-refractivity contribution in [2.75, 3.05) is 13.1 Å². The van der Waals surface area contributed by atoms with E-state index in [4.69, 9.17) is 0 Å². The maximum absolute atomic E-state index is 12.9. The van der Waals surface area contributed by atoms with Crippen LogP contribution in [0.3, 0.4) is 0 Å². The summed E-state index contributed by atoms with van der Waals surface area (Å²) in [6.45, 7) is 5.81. The summed E-state index contributed by atoms with van der Waals surface area (Å²) in [5.41, 5.74) is -0.345. The van der Waals surface area contributed by atoms with Crippen molar-refractivity contribution >= 4 is 11.8 Å². The van der Waals surface area contributed by atoms with Gasteiger partial charge in [-0.25, -0.2) is 0 Å². The van der Waals surface area contributed by atoms with Gasteiger partial charge in [0.2, 0.25) is 11.8 Å². The number of carbonyl (C=O) groups excluding carboxylic acids is 2. The Morgan fingerprint density at radius 2 is 1.70 bits per heavy atom. The third kappa shape index (κ3) is 1.87. The van der Waals surface area contributed by atoms with E-state index in [9.17, 15) is 9.59 Å². The molecule has 1 spiro atoms. The molecule has 1 saturated carbocycles. The van der Waals surface area contributed by atoms with E-state index in [0.29, 0.717) is 0 Å². The molecule has 0 radical (unpaired) electrons. The molecule has 2 heterocycles. The standard InChI is InChI=1S/C16H26N2O2/c1-12(2)18-13(14(19)17-10-6-7-11-17)16(15(18)20)8-4-3-5-9-16/h12-13H,3-11H2,1-2H3. The summed E-state index contributed by atoms with van der Waals surface area (Å²) in [6, 6.07) is -0.0417. The summed E-state index contributed by atoms with van der Waals surface area (Å²) in [7, 11) is 0. The zero-order valence-electron chi connectivity index (χ0n) is 12.7. The summed E-state index contributed by atoms with van der Waals surface area (Å²) in [5.74, 6) is 0.461. The first-order valence-corrected chi connectivity index (χ1v) is 8.19. The summed E-state index contributed by atoms with van der Waals surface area (Å²) in [6.07, 6.45) is 7.46. The number of rotatable bonds is 2. The average Bonchev–Trinajstić information content (AvgIpc) is 2.98. The minimum absolute atomic E-state index is 0.131. The van der Waals surface area contributed by atoms with Crippen LogP contribution in [0.25, 0.3) is 0 Å². The smallest absolute Gasteiger partial charge is 0.246 e. The van der Waals surface area contributed by atoms with Crippen LogP contribution in [-0.2, 0) is 9.59 Å². The highest BCUT2D eigenvalue weighted by Crippen LogP contribution is 2.51. The van der Waals surface area contributed by atoms with Gasteiger partial charge in [-0.2, -0.15) is 0 Å². The number of carbonyl (C=O) groups is 2. The molecule has 0 aromatic rings. The van der Waals surface area contributed by atoms with Crippen LogP contribution in [0.1, 0.15) is 58.8 Å². The molecule has 2 amide bonds. The Labute approximate surface area is 121 Å². The molecule has 4 nitrogen and oxygen atoms in total. The van der Waals surface area contributed by atoms with Gasteiger partial charge < -0.3 is 9.80 Å². The molecule has 2 aliphatic heterocycles. The molecule has 0 N–H and O–H groups in total. The number of hydrogen-bond donors (Lipinski definition) is 0. The predicted molar refractivity (Wildman–Crippen MR) is 77.1 cm³/mol. The Morgan fingerprint density at radius 3 is 2.25 bits per heavy atom. The highest BCUT2D eigenvalue weighted by Gasteiger charge is 2.64. The van der Waals surface area contributed by atoms with E-state index < -0.39 is 0 Å². The first-order chi connectivity index (χ1) is 9.58. The SMILES string of the molecule is CC(C)N1C(=O)C2(CCCCC2)C1C(=O)N1CCCC1. The van der Waals surface area contributed by atoms with Gasteiger partial charge in [0.1, 0.15) is 6.04 Å². The molecule has 4 heteroatoms. The second-order valence-electron chi connectivity index (χ2n) is 6.96. The van der Waals surface area contributed by atoms with Crippen LogP contribution in [0.15, 0.2) is 0 Å². The zero-order chi connectivity index (χ0) is 14.3. The molecule has 0 aromatic heterocycles. The molecular formula is C16H26N2O2. The van der Waals surface area contributed by atoms with E-state index in [2.05, 4.69) is 0 Å². The first kappa shape index (κ1) is 13.9. The van der Waals surface area contributed by atoms with Crippen molar-refractivity contribution in [1.29, 1.82) is 0 Å². The van der Waals surface area contributed by atoms with Crippen molar-refractivity contribution < 1.29 is 9.59 Å². The third-order valence-corrected chi connectivity index (χ3v) is 5.42. The lowest BCUT2D eigenvalue weighted by molar-refractivity contribution is -0.189. The molecule has 2 saturated heterocycles. The Bertz CT molecular complexity index is 407. The molecule has 3 rings (SSSR count). The summed E-state index contributed by atoms with van der Waals surface area (Å²) in [4.78, 5) is 29.4. The quantitative estimate of drug-likeness (QED) is 0.726. The zero-order valence-corrected chi connectivity index (χ0v) is 12.7. The maximum Gasteiger partial charge on any atom is 0.246 e. The van der Waals surface area contributed by atoms with E-state index in [-0.39, 0.29) is 29.3 Å². The molecule has 1 atom stereocenters.